The third-order valence-corrected chi connectivity index (χ3v) is 3.35. The zero-order valence-electron chi connectivity index (χ0n) is 12.8. The predicted octanol–water partition coefficient (Wildman–Crippen LogP) is 1.50. The first-order valence-corrected chi connectivity index (χ1v) is 7.80. The number of hydrogen-bond acceptors (Lipinski definition) is 5. The van der Waals surface area contributed by atoms with Gasteiger partial charge >= 0.3 is 0 Å². The second-order valence-corrected chi connectivity index (χ2v) is 5.07. The summed E-state index contributed by atoms with van der Waals surface area (Å²) in [6, 6.07) is 0. The van der Waals surface area contributed by atoms with E-state index in [1.165, 1.54) is 6.42 Å². The van der Waals surface area contributed by atoms with Gasteiger partial charge in [0, 0.05) is 39.1 Å². The summed E-state index contributed by atoms with van der Waals surface area (Å²) in [5, 5.41) is 0. The maximum atomic E-state index is 11.1. The average Bonchev–Trinajstić information content (AvgIpc) is 2.47. The molecule has 1 fully saturated rings. The number of carbonyl (C=O) groups is 1. The molecule has 1 aliphatic heterocycles. The van der Waals surface area contributed by atoms with E-state index in [1.54, 1.807) is 0 Å². The van der Waals surface area contributed by atoms with E-state index in [0.717, 1.165) is 32.7 Å². The molecule has 0 spiro atoms. The van der Waals surface area contributed by atoms with E-state index < -0.39 is 0 Å². The predicted molar refractivity (Wildman–Crippen MR) is 78.0 cm³/mol. The molecule has 20 heavy (non-hydrogen) atoms. The molecule has 0 N–H and O–H groups in total. The molecule has 0 aromatic carbocycles. The maximum absolute atomic E-state index is 11.1. The standard InChI is InChI=1S/C15H29NO4/c1-2-3-9-18-11-13-20-14-12-19-10-8-16-6-4-15(17)5-7-16/h2-14H2,1H3. The second kappa shape index (κ2) is 12.3. The van der Waals surface area contributed by atoms with Crippen molar-refractivity contribution in [2.45, 2.75) is 32.6 Å². The number of piperidine rings is 1. The van der Waals surface area contributed by atoms with Crippen LogP contribution in [0.4, 0.5) is 0 Å². The summed E-state index contributed by atoms with van der Waals surface area (Å²) in [6.45, 7) is 8.92. The van der Waals surface area contributed by atoms with Gasteiger partial charge in [-0.25, -0.2) is 0 Å². The highest BCUT2D eigenvalue weighted by atomic mass is 16.5. The van der Waals surface area contributed by atoms with E-state index in [1.807, 2.05) is 0 Å². The van der Waals surface area contributed by atoms with Gasteiger partial charge in [0.05, 0.1) is 33.0 Å². The fraction of sp³-hybridized carbons (Fsp3) is 0.933. The summed E-state index contributed by atoms with van der Waals surface area (Å²) in [6.07, 6.45) is 3.67. The van der Waals surface area contributed by atoms with Gasteiger partial charge in [-0.3, -0.25) is 4.79 Å². The first-order valence-electron chi connectivity index (χ1n) is 7.80. The number of Topliss-reactive ketones (excluding diaryl/α,β-unsaturated/α-hetero) is 1. The van der Waals surface area contributed by atoms with Crippen LogP contribution in [0.5, 0.6) is 0 Å². The van der Waals surface area contributed by atoms with Crippen LogP contribution in [0, 0.1) is 0 Å². The Labute approximate surface area is 122 Å². The second-order valence-electron chi connectivity index (χ2n) is 5.07. The van der Waals surface area contributed by atoms with Crippen LogP contribution in [-0.4, -0.2) is 70.0 Å². The lowest BCUT2D eigenvalue weighted by Crippen LogP contribution is -2.36. The number of likely N-dealkylation sites (tertiary alicyclic amines) is 1. The summed E-state index contributed by atoms with van der Waals surface area (Å²) in [5.41, 5.74) is 0. The molecule has 1 aliphatic rings. The number of nitrogens with zero attached hydrogens (tertiary/aromatic N) is 1. The van der Waals surface area contributed by atoms with Crippen LogP contribution >= 0.6 is 0 Å². The Bertz CT molecular complexity index is 238. The highest BCUT2D eigenvalue weighted by molar-refractivity contribution is 5.79. The van der Waals surface area contributed by atoms with E-state index >= 15 is 0 Å². The Morgan fingerprint density at radius 1 is 0.900 bits per heavy atom. The number of hydrogen-bond donors (Lipinski definition) is 0. The normalized spacial score (nSPS) is 16.8. The Morgan fingerprint density at radius 3 is 2.05 bits per heavy atom. The van der Waals surface area contributed by atoms with Gasteiger partial charge in [-0.1, -0.05) is 13.3 Å². The monoisotopic (exact) mass is 287 g/mol. The highest BCUT2D eigenvalue weighted by Gasteiger charge is 2.15. The molecule has 5 heteroatoms. The average molecular weight is 287 g/mol. The summed E-state index contributed by atoms with van der Waals surface area (Å²) in [5.74, 6) is 0.386. The molecule has 0 bridgehead atoms. The maximum Gasteiger partial charge on any atom is 0.135 e. The van der Waals surface area contributed by atoms with Crippen molar-refractivity contribution in [3.8, 4) is 0 Å². The minimum absolute atomic E-state index is 0.386. The molecular weight excluding hydrogens is 258 g/mol. The molecule has 5 nitrogen and oxygen atoms in total. The van der Waals surface area contributed by atoms with Gasteiger partial charge in [-0.2, -0.15) is 0 Å². The van der Waals surface area contributed by atoms with Gasteiger partial charge in [0.1, 0.15) is 5.78 Å². The van der Waals surface area contributed by atoms with Crippen LogP contribution in [0.25, 0.3) is 0 Å². The van der Waals surface area contributed by atoms with Crippen LogP contribution in [0.3, 0.4) is 0 Å². The number of carbonyl (C=O) groups excluding carboxylic acids is 1. The first-order chi connectivity index (χ1) is 9.83. The van der Waals surface area contributed by atoms with Crippen molar-refractivity contribution in [2.24, 2.45) is 0 Å². The molecule has 0 unspecified atom stereocenters. The van der Waals surface area contributed by atoms with Gasteiger partial charge < -0.3 is 19.1 Å². The number of unbranched alkanes of at least 4 members (excludes halogenated alkanes) is 1. The van der Waals surface area contributed by atoms with E-state index in [9.17, 15) is 4.79 Å². The van der Waals surface area contributed by atoms with E-state index in [0.29, 0.717) is 51.7 Å². The SMILES string of the molecule is CCCCOCCOCCOCCN1CCC(=O)CC1. The van der Waals surface area contributed by atoms with Gasteiger partial charge in [0.25, 0.3) is 0 Å². The van der Waals surface area contributed by atoms with Crippen molar-refractivity contribution in [1.29, 1.82) is 0 Å². The Morgan fingerprint density at radius 2 is 1.45 bits per heavy atom. The van der Waals surface area contributed by atoms with Crippen molar-refractivity contribution >= 4 is 5.78 Å². The van der Waals surface area contributed by atoms with Crippen molar-refractivity contribution in [2.75, 3.05) is 59.3 Å². The Hall–Kier alpha value is -0.490. The summed E-state index contributed by atoms with van der Waals surface area (Å²) in [7, 11) is 0. The lowest BCUT2D eigenvalue weighted by atomic mass is 10.1. The minimum atomic E-state index is 0.386. The molecule has 1 saturated heterocycles. The quantitative estimate of drug-likeness (QED) is 0.509. The third kappa shape index (κ3) is 9.42. The molecular formula is C15H29NO4. The van der Waals surface area contributed by atoms with Gasteiger partial charge in [0.2, 0.25) is 0 Å². The van der Waals surface area contributed by atoms with Crippen molar-refractivity contribution in [3.63, 3.8) is 0 Å². The fourth-order valence-electron chi connectivity index (χ4n) is 2.01. The lowest BCUT2D eigenvalue weighted by Gasteiger charge is -2.25. The lowest BCUT2D eigenvalue weighted by molar-refractivity contribution is -0.121. The minimum Gasteiger partial charge on any atom is -0.379 e. The molecule has 0 saturated carbocycles. The summed E-state index contributed by atoms with van der Waals surface area (Å²) >= 11 is 0. The van der Waals surface area contributed by atoms with E-state index in [-0.39, 0.29) is 0 Å². The number of ketones is 1. The smallest absolute Gasteiger partial charge is 0.135 e. The van der Waals surface area contributed by atoms with Crippen LogP contribution in [0.15, 0.2) is 0 Å². The fourth-order valence-corrected chi connectivity index (χ4v) is 2.01. The molecule has 118 valence electrons. The van der Waals surface area contributed by atoms with E-state index in [4.69, 9.17) is 14.2 Å². The molecule has 0 aromatic rings. The highest BCUT2D eigenvalue weighted by Crippen LogP contribution is 2.04. The van der Waals surface area contributed by atoms with Gasteiger partial charge in [-0.15, -0.1) is 0 Å². The van der Waals surface area contributed by atoms with Crippen molar-refractivity contribution in [3.05, 3.63) is 0 Å². The van der Waals surface area contributed by atoms with E-state index in [2.05, 4.69) is 11.8 Å². The van der Waals surface area contributed by atoms with Crippen LogP contribution in [0.2, 0.25) is 0 Å². The molecule has 1 heterocycles. The Kier molecular flexibility index (Phi) is 10.8. The number of rotatable bonds is 12. The van der Waals surface area contributed by atoms with Gasteiger partial charge in [0.15, 0.2) is 0 Å². The molecule has 1 rings (SSSR count). The molecule has 0 radical (unpaired) electrons. The van der Waals surface area contributed by atoms with Crippen molar-refractivity contribution in [1.82, 2.24) is 4.90 Å². The molecule has 0 atom stereocenters. The van der Waals surface area contributed by atoms with Crippen molar-refractivity contribution < 1.29 is 19.0 Å². The molecule has 0 aromatic heterocycles. The third-order valence-electron chi connectivity index (χ3n) is 3.35. The molecule has 0 aliphatic carbocycles. The topological polar surface area (TPSA) is 48.0 Å². The zero-order valence-corrected chi connectivity index (χ0v) is 12.8. The zero-order chi connectivity index (χ0) is 14.5. The largest absolute Gasteiger partial charge is 0.379 e. The van der Waals surface area contributed by atoms with Crippen LogP contribution in [-0.2, 0) is 19.0 Å². The van der Waals surface area contributed by atoms with Crippen LogP contribution in [0.1, 0.15) is 32.6 Å². The molecule has 0 amide bonds. The Balaban J connectivity index is 1.75. The first kappa shape index (κ1) is 17.6. The summed E-state index contributed by atoms with van der Waals surface area (Å²) in [4.78, 5) is 13.4. The van der Waals surface area contributed by atoms with Crippen LogP contribution < -0.4 is 0 Å². The number of ether oxygens (including phenoxy) is 3. The summed E-state index contributed by atoms with van der Waals surface area (Å²) < 4.78 is 16.3. The van der Waals surface area contributed by atoms with Gasteiger partial charge in [-0.05, 0) is 6.42 Å².